The highest BCUT2D eigenvalue weighted by Crippen LogP contribution is 2.10. The molecular weight excluding hydrogens is 268 g/mol. The number of nitrogens with two attached hydrogens (primary N) is 1. The summed E-state index contributed by atoms with van der Waals surface area (Å²) in [5.74, 6) is -2.04. The minimum atomic E-state index is -1.24. The summed E-state index contributed by atoms with van der Waals surface area (Å²) in [6.07, 6.45) is 0.794. The number of carboxylic acid groups (broad SMARTS) is 1. The standard InChI is InChI=1S/C11H18N4O5/c1-14-4-7(2-3-9(14)17)13-11(20)15(5-8(12)16)6-10(18)19/h7H,2-6H2,1H3,(H2,12,16)(H,13,20)(H,18,19). The lowest BCUT2D eigenvalue weighted by Crippen LogP contribution is -2.54. The van der Waals surface area contributed by atoms with E-state index in [9.17, 15) is 19.2 Å². The molecule has 0 aromatic heterocycles. The third-order valence-corrected chi connectivity index (χ3v) is 2.91. The lowest BCUT2D eigenvalue weighted by molar-refractivity contribution is -0.137. The average molecular weight is 286 g/mol. The van der Waals surface area contributed by atoms with E-state index in [1.54, 1.807) is 7.05 Å². The smallest absolute Gasteiger partial charge is 0.323 e. The number of amides is 4. The second-order valence-corrected chi connectivity index (χ2v) is 4.68. The summed E-state index contributed by atoms with van der Waals surface area (Å²) in [4.78, 5) is 47.0. The molecule has 1 aliphatic heterocycles. The Morgan fingerprint density at radius 3 is 2.60 bits per heavy atom. The highest BCUT2D eigenvalue weighted by Gasteiger charge is 2.26. The first kappa shape index (κ1) is 15.7. The van der Waals surface area contributed by atoms with Crippen LogP contribution in [0.4, 0.5) is 4.79 Å². The van der Waals surface area contributed by atoms with Gasteiger partial charge in [-0.05, 0) is 6.42 Å². The monoisotopic (exact) mass is 286 g/mol. The third-order valence-electron chi connectivity index (χ3n) is 2.91. The molecule has 0 aromatic carbocycles. The van der Waals surface area contributed by atoms with Crippen LogP contribution in [0.15, 0.2) is 0 Å². The van der Waals surface area contributed by atoms with Gasteiger partial charge in [0.25, 0.3) is 0 Å². The molecular formula is C11H18N4O5. The first-order chi connectivity index (χ1) is 9.29. The Morgan fingerprint density at radius 2 is 2.10 bits per heavy atom. The second-order valence-electron chi connectivity index (χ2n) is 4.68. The lowest BCUT2D eigenvalue weighted by Gasteiger charge is -2.31. The number of piperidine rings is 1. The van der Waals surface area contributed by atoms with E-state index in [0.29, 0.717) is 19.4 Å². The molecule has 112 valence electrons. The van der Waals surface area contributed by atoms with E-state index in [-0.39, 0.29) is 11.9 Å². The van der Waals surface area contributed by atoms with E-state index in [1.807, 2.05) is 0 Å². The van der Waals surface area contributed by atoms with Crippen molar-refractivity contribution in [2.45, 2.75) is 18.9 Å². The molecule has 0 spiro atoms. The number of carbonyl (C=O) groups is 4. The second kappa shape index (κ2) is 6.73. The average Bonchev–Trinajstić information content (AvgIpc) is 2.32. The number of nitrogens with zero attached hydrogens (tertiary/aromatic N) is 2. The quantitative estimate of drug-likeness (QED) is 0.547. The Kier molecular flexibility index (Phi) is 5.30. The summed E-state index contributed by atoms with van der Waals surface area (Å²) in [6.45, 7) is -0.738. The van der Waals surface area contributed by atoms with Crippen molar-refractivity contribution >= 4 is 23.8 Å². The topological polar surface area (TPSA) is 133 Å². The largest absolute Gasteiger partial charge is 0.480 e. The zero-order valence-corrected chi connectivity index (χ0v) is 11.2. The predicted molar refractivity (Wildman–Crippen MR) is 67.6 cm³/mol. The molecule has 1 atom stereocenters. The summed E-state index contributed by atoms with van der Waals surface area (Å²) >= 11 is 0. The van der Waals surface area contributed by atoms with Crippen molar-refractivity contribution in [1.29, 1.82) is 0 Å². The maximum Gasteiger partial charge on any atom is 0.323 e. The number of likely N-dealkylation sites (N-methyl/N-ethyl adjacent to an activating group) is 1. The van der Waals surface area contributed by atoms with Gasteiger partial charge in [-0.25, -0.2) is 4.79 Å². The van der Waals surface area contributed by atoms with Crippen molar-refractivity contribution in [1.82, 2.24) is 15.1 Å². The Balaban J connectivity index is 2.59. The Bertz CT molecular complexity index is 409. The first-order valence-corrected chi connectivity index (χ1v) is 6.09. The maximum atomic E-state index is 11.9. The lowest BCUT2D eigenvalue weighted by atomic mass is 10.1. The van der Waals surface area contributed by atoms with Crippen LogP contribution in [-0.2, 0) is 14.4 Å². The number of rotatable bonds is 5. The minimum absolute atomic E-state index is 0.00460. The van der Waals surface area contributed by atoms with Gasteiger partial charge in [-0.3, -0.25) is 14.4 Å². The molecule has 1 heterocycles. The number of hydrogen-bond donors (Lipinski definition) is 3. The molecule has 1 unspecified atom stereocenters. The van der Waals surface area contributed by atoms with Crippen molar-refractivity contribution in [3.05, 3.63) is 0 Å². The number of nitrogens with one attached hydrogen (secondary N) is 1. The zero-order chi connectivity index (χ0) is 15.3. The van der Waals surface area contributed by atoms with Crippen molar-refractivity contribution < 1.29 is 24.3 Å². The normalized spacial score (nSPS) is 18.6. The predicted octanol–water partition coefficient (Wildman–Crippen LogP) is -1.81. The van der Waals surface area contributed by atoms with E-state index in [2.05, 4.69) is 5.32 Å². The summed E-state index contributed by atoms with van der Waals surface area (Å²) in [6, 6.07) is -0.951. The highest BCUT2D eigenvalue weighted by molar-refractivity contribution is 5.86. The van der Waals surface area contributed by atoms with Crippen molar-refractivity contribution in [2.24, 2.45) is 5.73 Å². The SMILES string of the molecule is CN1CC(NC(=O)N(CC(N)=O)CC(=O)O)CCC1=O. The van der Waals surface area contributed by atoms with Crippen LogP contribution in [0.1, 0.15) is 12.8 Å². The number of primary amides is 1. The summed E-state index contributed by atoms with van der Waals surface area (Å²) < 4.78 is 0. The van der Waals surface area contributed by atoms with Gasteiger partial charge in [-0.2, -0.15) is 0 Å². The Labute approximate surface area is 115 Å². The number of aliphatic carboxylic acids is 1. The number of hydrogen-bond acceptors (Lipinski definition) is 4. The molecule has 9 heteroatoms. The van der Waals surface area contributed by atoms with Crippen LogP contribution >= 0.6 is 0 Å². The molecule has 0 aliphatic carbocycles. The van der Waals surface area contributed by atoms with Gasteiger partial charge in [-0.1, -0.05) is 0 Å². The van der Waals surface area contributed by atoms with Crippen molar-refractivity contribution in [2.75, 3.05) is 26.7 Å². The number of carbonyl (C=O) groups excluding carboxylic acids is 3. The molecule has 1 fully saturated rings. The van der Waals surface area contributed by atoms with Crippen LogP contribution in [-0.4, -0.2) is 71.4 Å². The van der Waals surface area contributed by atoms with Gasteiger partial charge in [-0.15, -0.1) is 0 Å². The molecule has 1 saturated heterocycles. The van der Waals surface area contributed by atoms with Crippen molar-refractivity contribution in [3.8, 4) is 0 Å². The van der Waals surface area contributed by atoms with Crippen LogP contribution in [0.3, 0.4) is 0 Å². The van der Waals surface area contributed by atoms with E-state index in [1.165, 1.54) is 4.90 Å². The Morgan fingerprint density at radius 1 is 1.45 bits per heavy atom. The van der Waals surface area contributed by atoms with Crippen molar-refractivity contribution in [3.63, 3.8) is 0 Å². The fraction of sp³-hybridized carbons (Fsp3) is 0.636. The Hall–Kier alpha value is -2.32. The van der Waals surface area contributed by atoms with Gasteiger partial charge in [0, 0.05) is 26.1 Å². The number of carboxylic acids is 1. The van der Waals surface area contributed by atoms with E-state index >= 15 is 0 Å². The first-order valence-electron chi connectivity index (χ1n) is 6.09. The van der Waals surface area contributed by atoms with Crippen LogP contribution in [0, 0.1) is 0 Å². The molecule has 0 bridgehead atoms. The molecule has 0 radical (unpaired) electrons. The van der Waals surface area contributed by atoms with Crippen LogP contribution in [0.2, 0.25) is 0 Å². The van der Waals surface area contributed by atoms with Crippen LogP contribution < -0.4 is 11.1 Å². The van der Waals surface area contributed by atoms with Gasteiger partial charge in [0.15, 0.2) is 0 Å². The third kappa shape index (κ3) is 4.75. The molecule has 0 saturated carbocycles. The highest BCUT2D eigenvalue weighted by atomic mass is 16.4. The van der Waals surface area contributed by atoms with Crippen LogP contribution in [0.25, 0.3) is 0 Å². The summed E-state index contributed by atoms with van der Waals surface area (Å²) in [5.41, 5.74) is 4.97. The molecule has 4 N–H and O–H groups in total. The van der Waals surface area contributed by atoms with Crippen LogP contribution in [0.5, 0.6) is 0 Å². The molecule has 4 amide bonds. The number of likely N-dealkylation sites (tertiary alicyclic amines) is 1. The minimum Gasteiger partial charge on any atom is -0.480 e. The van der Waals surface area contributed by atoms with Gasteiger partial charge in [0.05, 0.1) is 0 Å². The molecule has 20 heavy (non-hydrogen) atoms. The van der Waals surface area contributed by atoms with Gasteiger partial charge < -0.3 is 26.0 Å². The van der Waals surface area contributed by atoms with E-state index < -0.39 is 31.0 Å². The molecule has 0 aromatic rings. The summed E-state index contributed by atoms with van der Waals surface area (Å²) in [5, 5.41) is 11.3. The van der Waals surface area contributed by atoms with Gasteiger partial charge >= 0.3 is 12.0 Å². The maximum absolute atomic E-state index is 11.9. The molecule has 1 aliphatic rings. The zero-order valence-electron chi connectivity index (χ0n) is 11.2. The molecule has 9 nitrogen and oxygen atoms in total. The van der Waals surface area contributed by atoms with Gasteiger partial charge in [0.2, 0.25) is 11.8 Å². The van der Waals surface area contributed by atoms with E-state index in [4.69, 9.17) is 10.8 Å². The molecule has 1 rings (SSSR count). The fourth-order valence-electron chi connectivity index (χ4n) is 1.95. The van der Waals surface area contributed by atoms with E-state index in [0.717, 1.165) is 4.90 Å². The fourth-order valence-corrected chi connectivity index (χ4v) is 1.95. The van der Waals surface area contributed by atoms with Gasteiger partial charge in [0.1, 0.15) is 13.1 Å². The summed E-state index contributed by atoms with van der Waals surface area (Å²) in [7, 11) is 1.62. The number of urea groups is 1.